The van der Waals surface area contributed by atoms with Crippen LogP contribution in [0.15, 0.2) is 39.5 Å². The van der Waals surface area contributed by atoms with Crippen LogP contribution < -0.4 is 21.0 Å². The number of carbonyl (C=O) groups is 1. The highest BCUT2D eigenvalue weighted by Gasteiger charge is 2.10. The summed E-state index contributed by atoms with van der Waals surface area (Å²) in [6.45, 7) is 5.39. The van der Waals surface area contributed by atoms with Gasteiger partial charge in [0, 0.05) is 56.8 Å². The third kappa shape index (κ3) is 5.74. The quantitative estimate of drug-likeness (QED) is 0.728. The van der Waals surface area contributed by atoms with Gasteiger partial charge in [0.25, 0.3) is 5.91 Å². The van der Waals surface area contributed by atoms with E-state index in [9.17, 15) is 9.59 Å². The van der Waals surface area contributed by atoms with Crippen molar-refractivity contribution in [2.24, 2.45) is 0 Å². The second kappa shape index (κ2) is 9.41. The molecule has 2 aromatic rings. The second-order valence-corrected chi connectivity index (χ2v) is 5.68. The molecule has 0 saturated carbocycles. The molecule has 1 aliphatic heterocycles. The number of hydrogen-bond acceptors (Lipinski definition) is 6. The summed E-state index contributed by atoms with van der Waals surface area (Å²) in [5, 5.41) is 6.95. The molecule has 0 atom stereocenters. The summed E-state index contributed by atoms with van der Waals surface area (Å²) in [6, 6.07) is 8.21. The van der Waals surface area contributed by atoms with Gasteiger partial charge in [-0.05, 0) is 18.2 Å². The fourth-order valence-corrected chi connectivity index (χ4v) is 2.62. The molecule has 2 heterocycles. The van der Waals surface area contributed by atoms with Crippen LogP contribution in [0.4, 0.5) is 0 Å². The lowest BCUT2D eigenvalue weighted by atomic mass is 10.2. The third-order valence-corrected chi connectivity index (χ3v) is 3.92. The molecule has 0 radical (unpaired) electrons. The highest BCUT2D eigenvalue weighted by atomic mass is 35.5. The van der Waals surface area contributed by atoms with Crippen molar-refractivity contribution < 1.29 is 13.9 Å². The van der Waals surface area contributed by atoms with Gasteiger partial charge in [-0.1, -0.05) is 0 Å². The summed E-state index contributed by atoms with van der Waals surface area (Å²) < 4.78 is 10.6. The maximum absolute atomic E-state index is 11.8. The Labute approximate surface area is 151 Å². The van der Waals surface area contributed by atoms with Crippen LogP contribution in [0, 0.1) is 0 Å². The van der Waals surface area contributed by atoms with E-state index < -0.39 is 5.63 Å². The topological polar surface area (TPSA) is 83.8 Å². The van der Waals surface area contributed by atoms with Crippen molar-refractivity contribution in [1.82, 2.24) is 15.5 Å². The lowest BCUT2D eigenvalue weighted by Gasteiger charge is -2.27. The first-order chi connectivity index (χ1) is 11.7. The summed E-state index contributed by atoms with van der Waals surface area (Å²) in [5.41, 5.74) is 0.0319. The summed E-state index contributed by atoms with van der Waals surface area (Å²) in [6.07, 6.45) is 0. The molecule has 1 saturated heterocycles. The fourth-order valence-electron chi connectivity index (χ4n) is 2.62. The van der Waals surface area contributed by atoms with Crippen molar-refractivity contribution in [1.29, 1.82) is 0 Å². The Kier molecular flexibility index (Phi) is 7.24. The van der Waals surface area contributed by atoms with Gasteiger partial charge in [-0.2, -0.15) is 0 Å². The van der Waals surface area contributed by atoms with E-state index in [0.29, 0.717) is 17.9 Å². The number of nitrogens with zero attached hydrogens (tertiary/aromatic N) is 1. The minimum absolute atomic E-state index is 0. The van der Waals surface area contributed by atoms with Gasteiger partial charge < -0.3 is 19.8 Å². The molecule has 25 heavy (non-hydrogen) atoms. The third-order valence-electron chi connectivity index (χ3n) is 3.92. The smallest absolute Gasteiger partial charge is 0.336 e. The van der Waals surface area contributed by atoms with E-state index in [0.717, 1.165) is 38.1 Å². The minimum atomic E-state index is -0.412. The molecule has 1 fully saturated rings. The number of hydrogen-bond donors (Lipinski definition) is 2. The molecule has 0 unspecified atom stereocenters. The molecule has 1 aromatic heterocycles. The van der Waals surface area contributed by atoms with Crippen molar-refractivity contribution in [2.75, 3.05) is 45.9 Å². The van der Waals surface area contributed by atoms with E-state index in [2.05, 4.69) is 15.5 Å². The summed E-state index contributed by atoms with van der Waals surface area (Å²) >= 11 is 0. The van der Waals surface area contributed by atoms with E-state index in [-0.39, 0.29) is 24.9 Å². The Morgan fingerprint density at radius 3 is 2.80 bits per heavy atom. The molecule has 1 amide bonds. The molecule has 3 rings (SSSR count). The lowest BCUT2D eigenvalue weighted by molar-refractivity contribution is -0.123. The number of benzene rings is 1. The number of fused-ring (bicyclic) bond motifs is 1. The Balaban J connectivity index is 0.00000225. The van der Waals surface area contributed by atoms with Crippen molar-refractivity contribution in [3.05, 3.63) is 40.8 Å². The van der Waals surface area contributed by atoms with Gasteiger partial charge in [0.15, 0.2) is 6.61 Å². The largest absolute Gasteiger partial charge is 0.484 e. The Hall–Kier alpha value is -2.09. The summed E-state index contributed by atoms with van der Waals surface area (Å²) in [4.78, 5) is 25.4. The molecule has 1 aromatic carbocycles. The second-order valence-electron chi connectivity index (χ2n) is 5.68. The van der Waals surface area contributed by atoms with E-state index in [1.54, 1.807) is 24.3 Å². The first-order valence-corrected chi connectivity index (χ1v) is 8.07. The van der Waals surface area contributed by atoms with Gasteiger partial charge in [-0.25, -0.2) is 4.79 Å². The molecule has 8 heteroatoms. The molecule has 0 bridgehead atoms. The van der Waals surface area contributed by atoms with Crippen molar-refractivity contribution in [3.8, 4) is 5.75 Å². The summed E-state index contributed by atoms with van der Waals surface area (Å²) in [5.74, 6) is 0.328. The predicted octanol–water partition coefficient (Wildman–Crippen LogP) is 0.615. The maximum atomic E-state index is 11.8. The monoisotopic (exact) mass is 367 g/mol. The normalized spacial score (nSPS) is 14.7. The van der Waals surface area contributed by atoms with Crippen LogP contribution in [-0.2, 0) is 4.79 Å². The molecule has 0 spiro atoms. The predicted molar refractivity (Wildman–Crippen MR) is 97.5 cm³/mol. The molecular weight excluding hydrogens is 346 g/mol. The number of piperazine rings is 1. The molecule has 7 nitrogen and oxygen atoms in total. The average Bonchev–Trinajstić information content (AvgIpc) is 2.60. The number of halogens is 1. The number of amides is 1. The summed E-state index contributed by atoms with van der Waals surface area (Å²) in [7, 11) is 0. The van der Waals surface area contributed by atoms with Gasteiger partial charge in [-0.3, -0.25) is 9.69 Å². The highest BCUT2D eigenvalue weighted by molar-refractivity contribution is 5.85. The van der Waals surface area contributed by atoms with Crippen LogP contribution in [0.3, 0.4) is 0 Å². The van der Waals surface area contributed by atoms with Gasteiger partial charge >= 0.3 is 5.63 Å². The van der Waals surface area contributed by atoms with Gasteiger partial charge in [0.1, 0.15) is 11.3 Å². The molecule has 2 N–H and O–H groups in total. The number of carbonyl (C=O) groups excluding carboxylic acids is 1. The van der Waals surface area contributed by atoms with Crippen LogP contribution in [0.5, 0.6) is 5.75 Å². The van der Waals surface area contributed by atoms with E-state index in [4.69, 9.17) is 9.15 Å². The number of nitrogens with one attached hydrogen (secondary N) is 2. The van der Waals surface area contributed by atoms with Crippen LogP contribution in [0.25, 0.3) is 11.0 Å². The van der Waals surface area contributed by atoms with Crippen LogP contribution in [-0.4, -0.2) is 56.7 Å². The Bertz CT molecular complexity index is 759. The van der Waals surface area contributed by atoms with Crippen LogP contribution in [0.1, 0.15) is 0 Å². The van der Waals surface area contributed by atoms with E-state index in [1.807, 2.05) is 0 Å². The lowest BCUT2D eigenvalue weighted by Crippen LogP contribution is -2.46. The molecule has 136 valence electrons. The van der Waals surface area contributed by atoms with E-state index in [1.165, 1.54) is 6.07 Å². The molecule has 0 aliphatic carbocycles. The molecular formula is C17H22ClN3O4. The minimum Gasteiger partial charge on any atom is -0.484 e. The maximum Gasteiger partial charge on any atom is 0.336 e. The Morgan fingerprint density at radius 1 is 1.24 bits per heavy atom. The first-order valence-electron chi connectivity index (χ1n) is 8.07. The van der Waals surface area contributed by atoms with Gasteiger partial charge in [0.2, 0.25) is 0 Å². The standard InChI is InChI=1S/C17H21N3O4.ClH/c21-16(19-7-10-20-8-5-18-6-9-20)12-23-14-3-1-13-2-4-17(22)24-15(13)11-14;/h1-4,11,18H,5-10,12H2,(H,19,21);1H. The zero-order valence-electron chi connectivity index (χ0n) is 13.8. The van der Waals surface area contributed by atoms with Crippen LogP contribution in [0.2, 0.25) is 0 Å². The zero-order chi connectivity index (χ0) is 16.8. The number of rotatable bonds is 6. The van der Waals surface area contributed by atoms with Crippen molar-refractivity contribution in [3.63, 3.8) is 0 Å². The van der Waals surface area contributed by atoms with Gasteiger partial charge in [0.05, 0.1) is 0 Å². The first kappa shape index (κ1) is 19.2. The SMILES string of the molecule is Cl.O=C(COc1ccc2ccc(=O)oc2c1)NCCN1CCNCC1. The highest BCUT2D eigenvalue weighted by Crippen LogP contribution is 2.19. The number of ether oxygens (including phenoxy) is 1. The Morgan fingerprint density at radius 2 is 2.00 bits per heavy atom. The average molecular weight is 368 g/mol. The van der Waals surface area contributed by atoms with Gasteiger partial charge in [-0.15, -0.1) is 12.4 Å². The van der Waals surface area contributed by atoms with Crippen molar-refractivity contribution in [2.45, 2.75) is 0 Å². The van der Waals surface area contributed by atoms with Crippen LogP contribution >= 0.6 is 12.4 Å². The van der Waals surface area contributed by atoms with Crippen molar-refractivity contribution >= 4 is 29.3 Å². The zero-order valence-corrected chi connectivity index (χ0v) is 14.6. The van der Waals surface area contributed by atoms with E-state index >= 15 is 0 Å². The fraction of sp³-hybridized carbons (Fsp3) is 0.412. The molecule has 1 aliphatic rings.